The van der Waals surface area contributed by atoms with E-state index in [-0.39, 0.29) is 41.9 Å². The highest BCUT2D eigenvalue weighted by Gasteiger charge is 2.27. The van der Waals surface area contributed by atoms with Crippen LogP contribution in [0.25, 0.3) is 0 Å². The second-order valence-corrected chi connectivity index (χ2v) is 11.7. The molecule has 0 saturated heterocycles. The quantitative estimate of drug-likeness (QED) is 0.0686. The minimum Gasteiger partial charge on any atom is -0.370 e. The van der Waals surface area contributed by atoms with Gasteiger partial charge >= 0.3 is 0 Å². The number of nitrogens with two attached hydrogens (primary N) is 2. The lowest BCUT2D eigenvalue weighted by Gasteiger charge is -2.20. The van der Waals surface area contributed by atoms with Crippen molar-refractivity contribution in [3.63, 3.8) is 0 Å². The van der Waals surface area contributed by atoms with Crippen LogP contribution in [0.2, 0.25) is 0 Å². The van der Waals surface area contributed by atoms with Gasteiger partial charge in [0.2, 0.25) is 27.6 Å². The summed E-state index contributed by atoms with van der Waals surface area (Å²) < 4.78 is 28.3. The lowest BCUT2D eigenvalue weighted by molar-refractivity contribution is -0.127. The van der Waals surface area contributed by atoms with Crippen molar-refractivity contribution >= 4 is 44.9 Å². The summed E-state index contributed by atoms with van der Waals surface area (Å²) in [7, 11) is -3.90. The highest BCUT2D eigenvalue weighted by molar-refractivity contribution is 7.88. The van der Waals surface area contributed by atoms with Gasteiger partial charge in [0.1, 0.15) is 6.04 Å². The molecule has 0 aliphatic rings. The van der Waals surface area contributed by atoms with Crippen LogP contribution in [-0.4, -0.2) is 62.1 Å². The fraction of sp³-hybridized carbons (Fsp3) is 0.296. The lowest BCUT2D eigenvalue weighted by atomic mass is 10.1. The average molecular weight is 600 g/mol. The maximum absolute atomic E-state index is 13.1. The second kappa shape index (κ2) is 15.6. The van der Waals surface area contributed by atoms with Gasteiger partial charge in [-0.15, -0.1) is 11.3 Å². The van der Waals surface area contributed by atoms with Crippen molar-refractivity contribution in [3.8, 4) is 0 Å². The van der Waals surface area contributed by atoms with Gasteiger partial charge in [0.25, 0.3) is 0 Å². The predicted octanol–water partition coefficient (Wildman–Crippen LogP) is 0.711. The van der Waals surface area contributed by atoms with Crippen molar-refractivity contribution in [2.24, 2.45) is 16.5 Å². The second-order valence-electron chi connectivity index (χ2n) is 9.09. The van der Waals surface area contributed by atoms with Crippen molar-refractivity contribution in [2.75, 3.05) is 13.1 Å². The normalized spacial score (nSPS) is 12.6. The molecule has 3 aromatic rings. The Bertz CT molecular complexity index is 1410. The molecule has 218 valence electrons. The SMILES string of the molecule is NC(N)=NCCCC(NC(=O)CNC(=O)[C@@H](Cc1ccccc1)NS(=O)(=O)Cc1ccccc1)C(=O)c1nccs1. The summed E-state index contributed by atoms with van der Waals surface area (Å²) in [6.45, 7) is -0.207. The minimum absolute atomic E-state index is 0.0677. The molecule has 0 radical (unpaired) electrons. The van der Waals surface area contributed by atoms with Crippen LogP contribution >= 0.6 is 11.3 Å². The van der Waals surface area contributed by atoms with Crippen LogP contribution in [0.3, 0.4) is 0 Å². The number of hydrogen-bond acceptors (Lipinski definition) is 8. The maximum atomic E-state index is 13.1. The van der Waals surface area contributed by atoms with Gasteiger partial charge in [-0.25, -0.2) is 18.1 Å². The molecule has 0 saturated carbocycles. The largest absolute Gasteiger partial charge is 0.370 e. The molecule has 0 spiro atoms. The zero-order valence-corrected chi connectivity index (χ0v) is 23.9. The molecule has 0 aliphatic carbocycles. The molecule has 1 heterocycles. The summed E-state index contributed by atoms with van der Waals surface area (Å²) in [4.78, 5) is 46.7. The van der Waals surface area contributed by atoms with E-state index in [0.29, 0.717) is 12.0 Å². The first-order valence-electron chi connectivity index (χ1n) is 12.8. The van der Waals surface area contributed by atoms with Gasteiger partial charge in [-0.2, -0.15) is 0 Å². The fourth-order valence-electron chi connectivity index (χ4n) is 3.89. The number of rotatable bonds is 16. The van der Waals surface area contributed by atoms with E-state index in [1.807, 2.05) is 6.07 Å². The van der Waals surface area contributed by atoms with E-state index in [9.17, 15) is 22.8 Å². The molecule has 1 unspecified atom stereocenters. The number of benzene rings is 2. The highest BCUT2D eigenvalue weighted by Crippen LogP contribution is 2.12. The Morgan fingerprint density at radius 1 is 0.951 bits per heavy atom. The van der Waals surface area contributed by atoms with Crippen LogP contribution < -0.4 is 26.8 Å². The van der Waals surface area contributed by atoms with Crippen LogP contribution in [0.4, 0.5) is 0 Å². The number of thiazole rings is 1. The molecule has 14 heteroatoms. The standard InChI is InChI=1S/C27H33N7O5S2/c28-27(29)31-13-7-12-21(24(36)26-30-14-15-40-26)33-23(35)17-32-25(37)22(16-19-8-3-1-4-9-19)34-41(38,39)18-20-10-5-2-6-11-20/h1-6,8-11,14-15,21-22,34H,7,12-13,16-18H2,(H,32,37)(H,33,35)(H4,28,29,31)/t21?,22-/m1/s1. The number of sulfonamides is 1. The fourth-order valence-corrected chi connectivity index (χ4v) is 5.86. The molecule has 0 fully saturated rings. The maximum Gasteiger partial charge on any atom is 0.239 e. The first kappa shape index (κ1) is 31.4. The summed E-state index contributed by atoms with van der Waals surface area (Å²) in [6, 6.07) is 15.4. The van der Waals surface area contributed by atoms with E-state index in [2.05, 4.69) is 25.3 Å². The number of aromatic nitrogens is 1. The van der Waals surface area contributed by atoms with E-state index in [4.69, 9.17) is 11.5 Å². The number of carbonyl (C=O) groups excluding carboxylic acids is 3. The van der Waals surface area contributed by atoms with Crippen LogP contribution in [0.1, 0.15) is 33.8 Å². The Morgan fingerprint density at radius 3 is 2.22 bits per heavy atom. The van der Waals surface area contributed by atoms with Crippen molar-refractivity contribution in [3.05, 3.63) is 88.4 Å². The number of hydrogen-bond donors (Lipinski definition) is 5. The molecule has 1 aromatic heterocycles. The van der Waals surface area contributed by atoms with Gasteiger partial charge in [-0.3, -0.25) is 19.4 Å². The van der Waals surface area contributed by atoms with Gasteiger partial charge in [0.15, 0.2) is 11.0 Å². The number of guanidine groups is 1. The van der Waals surface area contributed by atoms with Gasteiger partial charge < -0.3 is 22.1 Å². The summed E-state index contributed by atoms with van der Waals surface area (Å²) in [5, 5.41) is 7.01. The monoisotopic (exact) mass is 599 g/mol. The van der Waals surface area contributed by atoms with Crippen molar-refractivity contribution in [1.82, 2.24) is 20.3 Å². The molecule has 7 N–H and O–H groups in total. The van der Waals surface area contributed by atoms with Crippen LogP contribution in [0.15, 0.2) is 77.2 Å². The Morgan fingerprint density at radius 2 is 1.61 bits per heavy atom. The smallest absolute Gasteiger partial charge is 0.239 e. The van der Waals surface area contributed by atoms with E-state index >= 15 is 0 Å². The number of ketones is 1. The minimum atomic E-state index is -3.90. The third-order valence-electron chi connectivity index (χ3n) is 5.78. The van der Waals surface area contributed by atoms with Gasteiger partial charge in [-0.05, 0) is 30.4 Å². The topological polar surface area (TPSA) is 199 Å². The molecule has 0 bridgehead atoms. The first-order chi connectivity index (χ1) is 19.6. The zero-order chi connectivity index (χ0) is 29.7. The van der Waals surface area contributed by atoms with Crippen LogP contribution in [0.5, 0.6) is 0 Å². The summed E-state index contributed by atoms with van der Waals surface area (Å²) in [5.41, 5.74) is 12.0. The molecule has 3 rings (SSSR count). The molecule has 2 atom stereocenters. The molecule has 41 heavy (non-hydrogen) atoms. The summed E-state index contributed by atoms with van der Waals surface area (Å²) in [5.74, 6) is -2.08. The third kappa shape index (κ3) is 11.1. The van der Waals surface area contributed by atoms with E-state index in [0.717, 1.165) is 16.9 Å². The molecule has 12 nitrogen and oxygen atoms in total. The number of amides is 2. The zero-order valence-electron chi connectivity index (χ0n) is 22.2. The summed E-state index contributed by atoms with van der Waals surface area (Å²) in [6.07, 6.45) is 2.21. The van der Waals surface area contributed by atoms with Crippen molar-refractivity contribution in [2.45, 2.75) is 37.1 Å². The Labute approximate surface area is 242 Å². The number of nitrogens with zero attached hydrogens (tertiary/aromatic N) is 2. The van der Waals surface area contributed by atoms with E-state index < -0.39 is 40.5 Å². The first-order valence-corrected chi connectivity index (χ1v) is 15.3. The number of nitrogens with one attached hydrogen (secondary N) is 3. The molecular formula is C27H33N7O5S2. The summed E-state index contributed by atoms with van der Waals surface area (Å²) >= 11 is 1.14. The van der Waals surface area contributed by atoms with Gasteiger partial charge in [-0.1, -0.05) is 60.7 Å². The van der Waals surface area contributed by atoms with Gasteiger partial charge in [0, 0.05) is 18.1 Å². The van der Waals surface area contributed by atoms with Gasteiger partial charge in [0.05, 0.1) is 18.3 Å². The third-order valence-corrected chi connectivity index (χ3v) is 7.93. The number of Topliss-reactive ketones (excluding diaryl/α,β-unsaturated/α-hetero) is 1. The van der Waals surface area contributed by atoms with E-state index in [1.54, 1.807) is 60.0 Å². The van der Waals surface area contributed by atoms with Crippen molar-refractivity contribution in [1.29, 1.82) is 0 Å². The molecule has 2 amide bonds. The molecule has 0 aliphatic heterocycles. The molecular weight excluding hydrogens is 566 g/mol. The number of aliphatic imine (C=N–C) groups is 1. The lowest BCUT2D eigenvalue weighted by Crippen LogP contribution is -2.51. The Hall–Kier alpha value is -4.14. The predicted molar refractivity (Wildman–Crippen MR) is 157 cm³/mol. The van der Waals surface area contributed by atoms with E-state index in [1.165, 1.54) is 6.20 Å². The van der Waals surface area contributed by atoms with Crippen molar-refractivity contribution < 1.29 is 22.8 Å². The highest BCUT2D eigenvalue weighted by atomic mass is 32.2. The Kier molecular flexibility index (Phi) is 11.9. The van der Waals surface area contributed by atoms with Crippen LogP contribution in [0, 0.1) is 0 Å². The number of carbonyl (C=O) groups is 3. The molecule has 2 aromatic carbocycles. The Balaban J connectivity index is 1.65. The van der Waals surface area contributed by atoms with Crippen LogP contribution in [-0.2, 0) is 31.8 Å². The average Bonchev–Trinajstić information content (AvgIpc) is 3.48.